The van der Waals surface area contributed by atoms with Gasteiger partial charge >= 0.3 is 6.18 Å². The zero-order valence-electron chi connectivity index (χ0n) is 7.51. The molecule has 80 valence electrons. The first-order chi connectivity index (χ1) is 5.91. The van der Waals surface area contributed by atoms with Crippen molar-refractivity contribution in [3.05, 3.63) is 35.4 Å². The Morgan fingerprint density at radius 2 is 1.57 bits per heavy atom. The summed E-state index contributed by atoms with van der Waals surface area (Å²) in [4.78, 5) is 0. The third kappa shape index (κ3) is 3.20. The van der Waals surface area contributed by atoms with Gasteiger partial charge in [-0.25, -0.2) is 0 Å². The van der Waals surface area contributed by atoms with Gasteiger partial charge in [-0.2, -0.15) is 13.2 Å². The molecule has 1 aromatic rings. The smallest absolute Gasteiger partial charge is 0.316 e. The number of alkyl halides is 3. The lowest BCUT2D eigenvalue weighted by atomic mass is 10.1. The minimum atomic E-state index is -4.37. The summed E-state index contributed by atoms with van der Waals surface area (Å²) in [7, 11) is 0. The van der Waals surface area contributed by atoms with Crippen molar-refractivity contribution in [2.24, 2.45) is 5.73 Å². The van der Waals surface area contributed by atoms with E-state index in [9.17, 15) is 13.2 Å². The third-order valence-electron chi connectivity index (χ3n) is 1.79. The fourth-order valence-corrected chi connectivity index (χ4v) is 0.963. The molecule has 1 aromatic carbocycles. The van der Waals surface area contributed by atoms with Gasteiger partial charge in [0.15, 0.2) is 0 Å². The molecule has 0 saturated heterocycles. The summed E-state index contributed by atoms with van der Waals surface area (Å²) < 4.78 is 36.3. The van der Waals surface area contributed by atoms with Crippen LogP contribution in [0.4, 0.5) is 13.2 Å². The zero-order chi connectivity index (χ0) is 10.1. The van der Waals surface area contributed by atoms with Crippen LogP contribution in [0, 0.1) is 6.92 Å². The molecule has 0 heterocycles. The van der Waals surface area contributed by atoms with Crippen molar-refractivity contribution in [2.45, 2.75) is 19.1 Å². The van der Waals surface area contributed by atoms with E-state index in [2.05, 4.69) is 0 Å². The van der Waals surface area contributed by atoms with Crippen molar-refractivity contribution in [1.29, 1.82) is 0 Å². The summed E-state index contributed by atoms with van der Waals surface area (Å²) in [6.07, 6.45) is -4.37. The minimum absolute atomic E-state index is 0. The summed E-state index contributed by atoms with van der Waals surface area (Å²) >= 11 is 0. The van der Waals surface area contributed by atoms with Crippen LogP contribution < -0.4 is 5.73 Å². The average Bonchev–Trinajstić information content (AvgIpc) is 2.03. The summed E-state index contributed by atoms with van der Waals surface area (Å²) in [6.45, 7) is 1.81. The lowest BCUT2D eigenvalue weighted by Gasteiger charge is -2.15. The number of nitrogens with two attached hydrogens (primary N) is 1. The highest BCUT2D eigenvalue weighted by Gasteiger charge is 2.37. The van der Waals surface area contributed by atoms with E-state index in [0.717, 1.165) is 5.56 Å². The summed E-state index contributed by atoms with van der Waals surface area (Å²) in [5, 5.41) is 0. The number of hydrogen-bond donors (Lipinski definition) is 1. The Morgan fingerprint density at radius 3 is 1.93 bits per heavy atom. The molecule has 0 aliphatic rings. The number of hydrogen-bond acceptors (Lipinski definition) is 1. The Hall–Kier alpha value is -0.740. The lowest BCUT2D eigenvalue weighted by molar-refractivity contribution is -0.149. The molecule has 0 fully saturated rings. The molecule has 0 radical (unpaired) electrons. The maximum Gasteiger partial charge on any atom is 0.407 e. The largest absolute Gasteiger partial charge is 0.407 e. The number of rotatable bonds is 1. The molecule has 0 unspecified atom stereocenters. The van der Waals surface area contributed by atoms with Crippen molar-refractivity contribution in [3.63, 3.8) is 0 Å². The Labute approximate surface area is 86.5 Å². The van der Waals surface area contributed by atoms with Gasteiger partial charge in [0, 0.05) is 0 Å². The molecule has 14 heavy (non-hydrogen) atoms. The van der Waals surface area contributed by atoms with Crippen LogP contribution in [0.2, 0.25) is 0 Å². The first-order valence-electron chi connectivity index (χ1n) is 3.80. The fraction of sp³-hybridized carbons (Fsp3) is 0.333. The van der Waals surface area contributed by atoms with Gasteiger partial charge in [-0.3, -0.25) is 0 Å². The number of halogens is 4. The van der Waals surface area contributed by atoms with Crippen LogP contribution in [0.15, 0.2) is 24.3 Å². The highest BCUT2D eigenvalue weighted by atomic mass is 35.5. The predicted molar refractivity (Wildman–Crippen MR) is 51.4 cm³/mol. The van der Waals surface area contributed by atoms with Crippen LogP contribution >= 0.6 is 12.4 Å². The first-order valence-corrected chi connectivity index (χ1v) is 3.80. The second-order valence-electron chi connectivity index (χ2n) is 2.93. The van der Waals surface area contributed by atoms with Crippen LogP contribution in [0.5, 0.6) is 0 Å². The normalized spacial score (nSPS) is 13.2. The first kappa shape index (κ1) is 13.3. The van der Waals surface area contributed by atoms with E-state index in [1.54, 1.807) is 12.1 Å². The number of benzene rings is 1. The Kier molecular flexibility index (Phi) is 4.42. The molecule has 0 bridgehead atoms. The molecule has 0 aromatic heterocycles. The fourth-order valence-electron chi connectivity index (χ4n) is 0.963. The topological polar surface area (TPSA) is 26.0 Å². The zero-order valence-corrected chi connectivity index (χ0v) is 8.32. The maximum absolute atomic E-state index is 12.1. The molecule has 2 N–H and O–H groups in total. The van der Waals surface area contributed by atoms with Gasteiger partial charge in [0.25, 0.3) is 0 Å². The summed E-state index contributed by atoms with van der Waals surface area (Å²) in [6, 6.07) is 4.14. The molecular weight excluding hydrogens is 215 g/mol. The van der Waals surface area contributed by atoms with Gasteiger partial charge in [-0.15, -0.1) is 12.4 Å². The Balaban J connectivity index is 0.00000169. The van der Waals surface area contributed by atoms with Crippen molar-refractivity contribution in [3.8, 4) is 0 Å². The van der Waals surface area contributed by atoms with Crippen molar-refractivity contribution in [1.82, 2.24) is 0 Å². The number of aryl methyl sites for hydroxylation is 1. The van der Waals surface area contributed by atoms with Crippen LogP contribution in [0.3, 0.4) is 0 Å². The molecule has 0 spiro atoms. The van der Waals surface area contributed by atoms with Crippen molar-refractivity contribution < 1.29 is 13.2 Å². The highest BCUT2D eigenvalue weighted by molar-refractivity contribution is 5.85. The molecule has 5 heteroatoms. The van der Waals surface area contributed by atoms with Gasteiger partial charge in [-0.1, -0.05) is 29.8 Å². The molecule has 1 rings (SSSR count). The minimum Gasteiger partial charge on any atom is -0.316 e. The van der Waals surface area contributed by atoms with Crippen LogP contribution in [-0.4, -0.2) is 6.18 Å². The highest BCUT2D eigenvalue weighted by Crippen LogP contribution is 2.30. The Bertz CT molecular complexity index is 281. The SMILES string of the molecule is Cc1ccc([C@@H](N)C(F)(F)F)cc1.Cl. The molecule has 1 atom stereocenters. The molecule has 1 nitrogen and oxygen atoms in total. The monoisotopic (exact) mass is 225 g/mol. The standard InChI is InChI=1S/C9H10F3N.ClH/c1-6-2-4-7(5-3-6)8(13)9(10,11)12;/h2-5,8H,13H2,1H3;1H/t8-;/m1./s1. The van der Waals surface area contributed by atoms with Gasteiger partial charge in [0.2, 0.25) is 0 Å². The van der Waals surface area contributed by atoms with E-state index in [-0.39, 0.29) is 18.0 Å². The molecule has 0 aliphatic heterocycles. The van der Waals surface area contributed by atoms with Gasteiger partial charge in [0.05, 0.1) is 0 Å². The molecule has 0 saturated carbocycles. The van der Waals surface area contributed by atoms with E-state index >= 15 is 0 Å². The van der Waals surface area contributed by atoms with E-state index in [0.29, 0.717) is 0 Å². The summed E-state index contributed by atoms with van der Waals surface area (Å²) in [5.74, 6) is 0. The second kappa shape index (κ2) is 4.66. The second-order valence-corrected chi connectivity index (χ2v) is 2.93. The van der Waals surface area contributed by atoms with Crippen LogP contribution in [0.25, 0.3) is 0 Å². The van der Waals surface area contributed by atoms with E-state index in [4.69, 9.17) is 5.73 Å². The third-order valence-corrected chi connectivity index (χ3v) is 1.79. The van der Waals surface area contributed by atoms with E-state index in [1.807, 2.05) is 6.92 Å². The van der Waals surface area contributed by atoms with E-state index in [1.165, 1.54) is 12.1 Å². The predicted octanol–water partition coefficient (Wildman–Crippen LogP) is 2.98. The Morgan fingerprint density at radius 1 is 1.14 bits per heavy atom. The van der Waals surface area contributed by atoms with Crippen LogP contribution in [-0.2, 0) is 0 Å². The quantitative estimate of drug-likeness (QED) is 0.781. The van der Waals surface area contributed by atoms with Gasteiger partial charge in [0.1, 0.15) is 6.04 Å². The van der Waals surface area contributed by atoms with Crippen molar-refractivity contribution in [2.75, 3.05) is 0 Å². The molecule has 0 amide bonds. The molecule has 0 aliphatic carbocycles. The maximum atomic E-state index is 12.1. The summed E-state index contributed by atoms with van der Waals surface area (Å²) in [5.41, 5.74) is 6.01. The van der Waals surface area contributed by atoms with Gasteiger partial charge in [-0.05, 0) is 12.5 Å². The van der Waals surface area contributed by atoms with Gasteiger partial charge < -0.3 is 5.73 Å². The molecular formula is C9H11ClF3N. The average molecular weight is 226 g/mol. The lowest BCUT2D eigenvalue weighted by Crippen LogP contribution is -2.28. The van der Waals surface area contributed by atoms with E-state index < -0.39 is 12.2 Å². The van der Waals surface area contributed by atoms with Crippen molar-refractivity contribution >= 4 is 12.4 Å². The van der Waals surface area contributed by atoms with Crippen LogP contribution in [0.1, 0.15) is 17.2 Å².